The van der Waals surface area contributed by atoms with Crippen LogP contribution in [0.1, 0.15) is 18.4 Å². The molecule has 1 fully saturated rings. The summed E-state index contributed by atoms with van der Waals surface area (Å²) in [5.74, 6) is -1.11. The van der Waals surface area contributed by atoms with Crippen LogP contribution in [0.4, 0.5) is 0 Å². The molecule has 0 radical (unpaired) electrons. The summed E-state index contributed by atoms with van der Waals surface area (Å²) in [4.78, 5) is 22.8. The second-order valence-electron chi connectivity index (χ2n) is 4.98. The van der Waals surface area contributed by atoms with Crippen molar-refractivity contribution in [3.05, 3.63) is 29.8 Å². The molecule has 108 valence electrons. The normalized spacial score (nSPS) is 20.9. The lowest BCUT2D eigenvalue weighted by molar-refractivity contribution is -0.152. The largest absolute Gasteiger partial charge is 0.496 e. The van der Waals surface area contributed by atoms with Gasteiger partial charge in [-0.2, -0.15) is 0 Å². The number of carbonyl (C=O) groups excluding carboxylic acids is 1. The van der Waals surface area contributed by atoms with E-state index in [2.05, 4.69) is 5.32 Å². The molecule has 0 saturated heterocycles. The zero-order valence-electron chi connectivity index (χ0n) is 11.5. The fraction of sp³-hybridized carbons (Fsp3) is 0.467. The highest BCUT2D eigenvalue weighted by atomic mass is 16.5. The Morgan fingerprint density at radius 3 is 2.60 bits per heavy atom. The Morgan fingerprint density at radius 1 is 1.30 bits per heavy atom. The van der Waals surface area contributed by atoms with Crippen molar-refractivity contribution < 1.29 is 19.4 Å². The van der Waals surface area contributed by atoms with E-state index >= 15 is 0 Å². The van der Waals surface area contributed by atoms with Gasteiger partial charge >= 0.3 is 5.97 Å². The Labute approximate surface area is 117 Å². The molecule has 2 rings (SSSR count). The Balaban J connectivity index is 1.81. The van der Waals surface area contributed by atoms with Gasteiger partial charge in [0, 0.05) is 6.54 Å². The Morgan fingerprint density at radius 2 is 2.00 bits per heavy atom. The van der Waals surface area contributed by atoms with Crippen LogP contribution < -0.4 is 10.1 Å². The molecule has 20 heavy (non-hydrogen) atoms. The van der Waals surface area contributed by atoms with E-state index in [4.69, 9.17) is 9.84 Å². The average Bonchev–Trinajstić information content (AvgIpc) is 2.37. The fourth-order valence-electron chi connectivity index (χ4n) is 2.47. The number of ether oxygens (including phenoxy) is 1. The number of para-hydroxylation sites is 1. The number of carboxylic acid groups (broad SMARTS) is 1. The number of aliphatic carboxylic acids is 1. The predicted molar refractivity (Wildman–Crippen MR) is 73.6 cm³/mol. The highest BCUT2D eigenvalue weighted by Crippen LogP contribution is 2.34. The molecular weight excluding hydrogens is 258 g/mol. The third-order valence-electron chi connectivity index (χ3n) is 3.81. The molecule has 1 aromatic rings. The molecule has 1 aliphatic rings. The fourth-order valence-corrected chi connectivity index (χ4v) is 2.47. The van der Waals surface area contributed by atoms with E-state index in [-0.39, 0.29) is 11.8 Å². The summed E-state index contributed by atoms with van der Waals surface area (Å²) in [5, 5.41) is 11.7. The quantitative estimate of drug-likeness (QED) is 0.825. The lowest BCUT2D eigenvalue weighted by Gasteiger charge is -2.31. The van der Waals surface area contributed by atoms with Crippen molar-refractivity contribution in [3.8, 4) is 5.75 Å². The SMILES string of the molecule is COc1ccccc1CCNC(=O)C1CCC1C(=O)O. The van der Waals surface area contributed by atoms with Crippen molar-refractivity contribution >= 4 is 11.9 Å². The van der Waals surface area contributed by atoms with Crippen LogP contribution in [0.2, 0.25) is 0 Å². The summed E-state index contributed by atoms with van der Waals surface area (Å²) in [7, 11) is 1.61. The smallest absolute Gasteiger partial charge is 0.307 e. The molecule has 1 saturated carbocycles. The van der Waals surface area contributed by atoms with E-state index in [1.165, 1.54) is 0 Å². The minimum Gasteiger partial charge on any atom is -0.496 e. The molecule has 1 aliphatic carbocycles. The molecule has 1 aromatic carbocycles. The summed E-state index contributed by atoms with van der Waals surface area (Å²) >= 11 is 0. The highest BCUT2D eigenvalue weighted by Gasteiger charge is 2.41. The van der Waals surface area contributed by atoms with E-state index in [0.717, 1.165) is 11.3 Å². The third kappa shape index (κ3) is 3.10. The lowest BCUT2D eigenvalue weighted by atomic mass is 9.73. The molecule has 0 aliphatic heterocycles. The zero-order valence-corrected chi connectivity index (χ0v) is 11.5. The molecule has 0 aromatic heterocycles. The standard InChI is InChI=1S/C15H19NO4/c1-20-13-5-3-2-4-10(13)8-9-16-14(17)11-6-7-12(11)15(18)19/h2-5,11-12H,6-9H2,1H3,(H,16,17)(H,18,19). The molecule has 0 spiro atoms. The van der Waals surface area contributed by atoms with Gasteiger partial charge in [0.15, 0.2) is 0 Å². The van der Waals surface area contributed by atoms with Gasteiger partial charge in [0.1, 0.15) is 5.75 Å². The number of hydrogen-bond donors (Lipinski definition) is 2. The molecule has 5 heteroatoms. The summed E-state index contributed by atoms with van der Waals surface area (Å²) in [6.45, 7) is 0.488. The number of benzene rings is 1. The van der Waals surface area contributed by atoms with Gasteiger partial charge in [0.2, 0.25) is 5.91 Å². The Hall–Kier alpha value is -2.04. The highest BCUT2D eigenvalue weighted by molar-refractivity contribution is 5.86. The monoisotopic (exact) mass is 277 g/mol. The number of rotatable bonds is 6. The van der Waals surface area contributed by atoms with Gasteiger partial charge in [0.05, 0.1) is 18.9 Å². The van der Waals surface area contributed by atoms with Gasteiger partial charge in [-0.3, -0.25) is 9.59 Å². The summed E-state index contributed by atoms with van der Waals surface area (Å²) < 4.78 is 5.24. The summed E-state index contributed by atoms with van der Waals surface area (Å²) in [6.07, 6.45) is 1.93. The number of methoxy groups -OCH3 is 1. The maximum absolute atomic E-state index is 11.9. The van der Waals surface area contributed by atoms with Gasteiger partial charge in [-0.25, -0.2) is 0 Å². The second-order valence-corrected chi connectivity index (χ2v) is 4.98. The van der Waals surface area contributed by atoms with Crippen LogP contribution >= 0.6 is 0 Å². The number of carbonyl (C=O) groups is 2. The van der Waals surface area contributed by atoms with Crippen molar-refractivity contribution in [2.75, 3.05) is 13.7 Å². The molecule has 2 N–H and O–H groups in total. The molecule has 5 nitrogen and oxygen atoms in total. The van der Waals surface area contributed by atoms with E-state index in [1.54, 1.807) is 7.11 Å². The molecule has 2 unspecified atom stereocenters. The minimum absolute atomic E-state index is 0.154. The van der Waals surface area contributed by atoms with E-state index in [0.29, 0.717) is 25.8 Å². The van der Waals surface area contributed by atoms with Crippen molar-refractivity contribution in [2.24, 2.45) is 11.8 Å². The Kier molecular flexibility index (Phi) is 4.61. The first-order valence-electron chi connectivity index (χ1n) is 6.76. The third-order valence-corrected chi connectivity index (χ3v) is 3.81. The first-order chi connectivity index (χ1) is 9.63. The topological polar surface area (TPSA) is 75.6 Å². The predicted octanol–water partition coefficient (Wildman–Crippen LogP) is 1.46. The van der Waals surface area contributed by atoms with E-state index < -0.39 is 11.9 Å². The van der Waals surface area contributed by atoms with E-state index in [9.17, 15) is 9.59 Å². The average molecular weight is 277 g/mol. The number of amides is 1. The van der Waals surface area contributed by atoms with Gasteiger partial charge < -0.3 is 15.2 Å². The summed E-state index contributed by atoms with van der Waals surface area (Å²) in [6, 6.07) is 7.65. The van der Waals surface area contributed by atoms with Crippen molar-refractivity contribution in [2.45, 2.75) is 19.3 Å². The molecule has 0 bridgehead atoms. The van der Waals surface area contributed by atoms with Crippen LogP contribution in [0.15, 0.2) is 24.3 Å². The number of carboxylic acids is 1. The van der Waals surface area contributed by atoms with Gasteiger partial charge in [0.25, 0.3) is 0 Å². The van der Waals surface area contributed by atoms with E-state index in [1.807, 2.05) is 24.3 Å². The maximum Gasteiger partial charge on any atom is 0.307 e. The van der Waals surface area contributed by atoms with Crippen LogP contribution in [0, 0.1) is 11.8 Å². The molecular formula is C15H19NO4. The van der Waals surface area contributed by atoms with Crippen LogP contribution in [-0.4, -0.2) is 30.6 Å². The maximum atomic E-state index is 11.9. The Bertz CT molecular complexity index is 500. The number of hydrogen-bond acceptors (Lipinski definition) is 3. The van der Waals surface area contributed by atoms with Crippen LogP contribution in [0.3, 0.4) is 0 Å². The second kappa shape index (κ2) is 6.41. The zero-order chi connectivity index (χ0) is 14.5. The number of nitrogens with one attached hydrogen (secondary N) is 1. The van der Waals surface area contributed by atoms with Crippen LogP contribution in [0.25, 0.3) is 0 Å². The van der Waals surface area contributed by atoms with Gasteiger partial charge in [-0.1, -0.05) is 18.2 Å². The molecule has 2 atom stereocenters. The van der Waals surface area contributed by atoms with Crippen molar-refractivity contribution in [1.82, 2.24) is 5.32 Å². The molecule has 1 amide bonds. The van der Waals surface area contributed by atoms with Crippen LogP contribution in [0.5, 0.6) is 5.75 Å². The minimum atomic E-state index is -0.874. The summed E-state index contributed by atoms with van der Waals surface area (Å²) in [5.41, 5.74) is 1.03. The van der Waals surface area contributed by atoms with Gasteiger partial charge in [-0.15, -0.1) is 0 Å². The van der Waals surface area contributed by atoms with Gasteiger partial charge in [-0.05, 0) is 30.9 Å². The first kappa shape index (κ1) is 14.4. The van der Waals surface area contributed by atoms with Crippen LogP contribution in [-0.2, 0) is 16.0 Å². The lowest BCUT2D eigenvalue weighted by Crippen LogP contribution is -2.44. The van der Waals surface area contributed by atoms with Crippen molar-refractivity contribution in [3.63, 3.8) is 0 Å². The van der Waals surface area contributed by atoms with Crippen molar-refractivity contribution in [1.29, 1.82) is 0 Å². The molecule has 0 heterocycles. The first-order valence-corrected chi connectivity index (χ1v) is 6.76.